The van der Waals surface area contributed by atoms with Crippen LogP contribution in [0.15, 0.2) is 22.7 Å². The van der Waals surface area contributed by atoms with E-state index >= 15 is 0 Å². The highest BCUT2D eigenvalue weighted by Gasteiger charge is 2.05. The molecular weight excluding hydrogens is 294 g/mol. The third kappa shape index (κ3) is 5.09. The molecule has 0 saturated heterocycles. The van der Waals surface area contributed by atoms with Crippen molar-refractivity contribution in [1.29, 1.82) is 0 Å². The second kappa shape index (κ2) is 8.15. The van der Waals surface area contributed by atoms with Crippen LogP contribution in [-0.4, -0.2) is 24.4 Å². The lowest BCUT2D eigenvalue weighted by molar-refractivity contribution is 0.167. The van der Waals surface area contributed by atoms with Gasteiger partial charge in [-0.3, -0.25) is 0 Å². The minimum atomic E-state index is -0.313. The summed E-state index contributed by atoms with van der Waals surface area (Å²) < 4.78 is 6.45. The highest BCUT2D eigenvalue weighted by atomic mass is 79.9. The van der Waals surface area contributed by atoms with Gasteiger partial charge in [-0.2, -0.15) is 0 Å². The summed E-state index contributed by atoms with van der Waals surface area (Å²) in [5.74, 6) is 3.22. The van der Waals surface area contributed by atoms with E-state index in [1.807, 2.05) is 25.1 Å². The summed E-state index contributed by atoms with van der Waals surface area (Å²) in [4.78, 5) is 0. The molecule has 1 atom stereocenters. The van der Waals surface area contributed by atoms with Crippen LogP contribution >= 0.6 is 15.9 Å². The van der Waals surface area contributed by atoms with Crippen molar-refractivity contribution in [2.75, 3.05) is 13.2 Å². The Hall–Kier alpha value is -1.02. The van der Waals surface area contributed by atoms with Gasteiger partial charge in [0.15, 0.2) is 0 Å². The van der Waals surface area contributed by atoms with E-state index in [0.29, 0.717) is 13.1 Å². The van der Waals surface area contributed by atoms with Gasteiger partial charge >= 0.3 is 0 Å². The van der Waals surface area contributed by atoms with Crippen LogP contribution in [-0.2, 0) is 6.54 Å². The minimum Gasteiger partial charge on any atom is -0.481 e. The lowest BCUT2D eigenvalue weighted by Crippen LogP contribution is -2.25. The van der Waals surface area contributed by atoms with Crippen molar-refractivity contribution in [3.63, 3.8) is 0 Å². The summed E-state index contributed by atoms with van der Waals surface area (Å²) in [5.41, 5.74) is 1.02. The maximum absolute atomic E-state index is 9.47. The summed E-state index contributed by atoms with van der Waals surface area (Å²) in [6.07, 6.45) is 5.61. The van der Waals surface area contributed by atoms with Crippen LogP contribution in [0.5, 0.6) is 5.75 Å². The van der Waals surface area contributed by atoms with Gasteiger partial charge in [-0.1, -0.05) is 28.8 Å². The van der Waals surface area contributed by atoms with Crippen LogP contribution in [0.4, 0.5) is 0 Å². The van der Waals surface area contributed by atoms with E-state index in [1.165, 1.54) is 0 Å². The maximum atomic E-state index is 9.47. The van der Waals surface area contributed by atoms with E-state index in [4.69, 9.17) is 11.2 Å². The van der Waals surface area contributed by atoms with Crippen molar-refractivity contribution in [2.24, 2.45) is 0 Å². The SMILES string of the molecule is C#CCOc1ccc(Br)cc1CNCC(O)CC. The van der Waals surface area contributed by atoms with Crippen LogP contribution in [0, 0.1) is 12.3 Å². The quantitative estimate of drug-likeness (QED) is 0.759. The van der Waals surface area contributed by atoms with Crippen LogP contribution in [0.1, 0.15) is 18.9 Å². The summed E-state index contributed by atoms with van der Waals surface area (Å²) in [7, 11) is 0. The molecule has 18 heavy (non-hydrogen) atoms. The Bertz CT molecular complexity index is 415. The number of aliphatic hydroxyl groups excluding tert-OH is 1. The Balaban J connectivity index is 2.61. The minimum absolute atomic E-state index is 0.256. The monoisotopic (exact) mass is 311 g/mol. The average Bonchev–Trinajstić information content (AvgIpc) is 2.37. The fourth-order valence-corrected chi connectivity index (χ4v) is 1.87. The molecule has 3 nitrogen and oxygen atoms in total. The molecule has 1 aromatic rings. The Morgan fingerprint density at radius 2 is 2.33 bits per heavy atom. The van der Waals surface area contributed by atoms with Crippen molar-refractivity contribution in [2.45, 2.75) is 26.0 Å². The second-order valence-electron chi connectivity index (χ2n) is 3.94. The number of rotatable bonds is 7. The number of nitrogens with one attached hydrogen (secondary N) is 1. The Kier molecular flexibility index (Phi) is 6.81. The fraction of sp³-hybridized carbons (Fsp3) is 0.429. The van der Waals surface area contributed by atoms with E-state index < -0.39 is 0 Å². The van der Waals surface area contributed by atoms with Crippen molar-refractivity contribution in [1.82, 2.24) is 5.32 Å². The Labute approximate surface area is 117 Å². The summed E-state index contributed by atoms with van der Waals surface area (Å²) in [5, 5.41) is 12.7. The van der Waals surface area contributed by atoms with Crippen LogP contribution in [0.25, 0.3) is 0 Å². The van der Waals surface area contributed by atoms with Gasteiger partial charge in [0, 0.05) is 23.1 Å². The molecule has 0 spiro atoms. The lowest BCUT2D eigenvalue weighted by atomic mass is 10.2. The predicted molar refractivity (Wildman–Crippen MR) is 76.5 cm³/mol. The van der Waals surface area contributed by atoms with Crippen molar-refractivity contribution in [3.05, 3.63) is 28.2 Å². The highest BCUT2D eigenvalue weighted by molar-refractivity contribution is 9.10. The molecule has 0 heterocycles. The first-order chi connectivity index (χ1) is 8.67. The normalized spacial score (nSPS) is 11.9. The zero-order valence-electron chi connectivity index (χ0n) is 10.4. The number of hydrogen-bond acceptors (Lipinski definition) is 3. The fourth-order valence-electron chi connectivity index (χ4n) is 1.46. The zero-order chi connectivity index (χ0) is 13.4. The standard InChI is InChI=1S/C14H18BrNO2/c1-3-7-18-14-6-5-12(15)8-11(14)9-16-10-13(17)4-2/h1,5-6,8,13,16-17H,4,7,9-10H2,2H3. The number of terminal acetylenes is 1. The third-order valence-corrected chi connectivity index (χ3v) is 2.99. The van der Waals surface area contributed by atoms with Crippen molar-refractivity contribution < 1.29 is 9.84 Å². The average molecular weight is 312 g/mol. The van der Waals surface area contributed by atoms with Gasteiger partial charge in [0.25, 0.3) is 0 Å². The van der Waals surface area contributed by atoms with Crippen LogP contribution < -0.4 is 10.1 Å². The van der Waals surface area contributed by atoms with Crippen LogP contribution in [0.2, 0.25) is 0 Å². The van der Waals surface area contributed by atoms with Gasteiger partial charge in [-0.05, 0) is 24.6 Å². The van der Waals surface area contributed by atoms with Gasteiger partial charge in [0.05, 0.1) is 6.10 Å². The molecule has 1 aromatic carbocycles. The predicted octanol–water partition coefficient (Wildman–Crippen LogP) is 2.32. The summed E-state index contributed by atoms with van der Waals surface area (Å²) in [6, 6.07) is 5.78. The van der Waals surface area contributed by atoms with Gasteiger partial charge < -0.3 is 15.2 Å². The number of aliphatic hydroxyl groups is 1. The molecule has 0 aliphatic heterocycles. The molecular formula is C14H18BrNO2. The number of benzene rings is 1. The molecule has 4 heteroatoms. The first kappa shape index (κ1) is 15.0. The van der Waals surface area contributed by atoms with Gasteiger partial charge in [0.2, 0.25) is 0 Å². The van der Waals surface area contributed by atoms with Crippen molar-refractivity contribution >= 4 is 15.9 Å². The number of hydrogen-bond donors (Lipinski definition) is 2. The Morgan fingerprint density at radius 1 is 1.56 bits per heavy atom. The molecule has 0 aliphatic carbocycles. The van der Waals surface area contributed by atoms with E-state index in [1.54, 1.807) is 0 Å². The topological polar surface area (TPSA) is 41.5 Å². The largest absolute Gasteiger partial charge is 0.481 e. The maximum Gasteiger partial charge on any atom is 0.148 e. The molecule has 0 bridgehead atoms. The van der Waals surface area contributed by atoms with E-state index in [0.717, 1.165) is 22.2 Å². The summed E-state index contributed by atoms with van der Waals surface area (Å²) in [6.45, 7) is 3.41. The van der Waals surface area contributed by atoms with E-state index in [2.05, 4.69) is 27.2 Å². The van der Waals surface area contributed by atoms with Crippen LogP contribution in [0.3, 0.4) is 0 Å². The molecule has 1 unspecified atom stereocenters. The molecule has 98 valence electrons. The molecule has 0 aliphatic rings. The molecule has 0 radical (unpaired) electrons. The third-order valence-electron chi connectivity index (χ3n) is 2.50. The molecule has 1 rings (SSSR count). The summed E-state index contributed by atoms with van der Waals surface area (Å²) >= 11 is 3.43. The number of ether oxygens (including phenoxy) is 1. The van der Waals surface area contributed by atoms with Crippen molar-refractivity contribution in [3.8, 4) is 18.1 Å². The molecule has 0 amide bonds. The first-order valence-corrected chi connectivity index (χ1v) is 6.70. The highest BCUT2D eigenvalue weighted by Crippen LogP contribution is 2.23. The molecule has 0 aromatic heterocycles. The van der Waals surface area contributed by atoms with E-state index in [9.17, 15) is 5.11 Å². The molecule has 2 N–H and O–H groups in total. The molecule has 0 fully saturated rings. The number of halogens is 1. The smallest absolute Gasteiger partial charge is 0.148 e. The zero-order valence-corrected chi connectivity index (χ0v) is 12.0. The first-order valence-electron chi connectivity index (χ1n) is 5.90. The molecule has 0 saturated carbocycles. The van der Waals surface area contributed by atoms with Gasteiger partial charge in [-0.15, -0.1) is 6.42 Å². The Morgan fingerprint density at radius 3 is 3.00 bits per heavy atom. The second-order valence-corrected chi connectivity index (χ2v) is 4.85. The van der Waals surface area contributed by atoms with E-state index in [-0.39, 0.29) is 12.7 Å². The lowest BCUT2D eigenvalue weighted by Gasteiger charge is -2.13. The van der Waals surface area contributed by atoms with Gasteiger partial charge in [-0.25, -0.2) is 0 Å². The van der Waals surface area contributed by atoms with Gasteiger partial charge in [0.1, 0.15) is 12.4 Å².